The van der Waals surface area contributed by atoms with Gasteiger partial charge in [-0.25, -0.2) is 9.36 Å². The average molecular weight is 374 g/mol. The number of rotatable bonds is 0. The van der Waals surface area contributed by atoms with E-state index in [1.165, 1.54) is 0 Å². The average Bonchev–Trinajstić information content (AvgIpc) is 3.34. The molecule has 5 rings (SSSR count). The van der Waals surface area contributed by atoms with Gasteiger partial charge in [-0.05, 0) is 23.3 Å². The Balaban J connectivity index is 1.47. The predicted molar refractivity (Wildman–Crippen MR) is 99.8 cm³/mol. The molecule has 0 fully saturated rings. The van der Waals surface area contributed by atoms with Crippen LogP contribution in [0.5, 0.6) is 11.5 Å². The lowest BCUT2D eigenvalue weighted by atomic mass is 10.1. The first-order valence-electron chi connectivity index (χ1n) is 9.02. The summed E-state index contributed by atoms with van der Waals surface area (Å²) in [5.74, 6) is 1.43. The van der Waals surface area contributed by atoms with Gasteiger partial charge in [-0.1, -0.05) is 40.8 Å². The van der Waals surface area contributed by atoms with E-state index in [1.807, 2.05) is 52.1 Å². The van der Waals surface area contributed by atoms with Gasteiger partial charge in [0.25, 0.3) is 0 Å². The molecule has 8 bridgehead atoms. The summed E-state index contributed by atoms with van der Waals surface area (Å²) >= 11 is 0. The zero-order chi connectivity index (χ0) is 18.8. The maximum absolute atomic E-state index is 5.83. The summed E-state index contributed by atoms with van der Waals surface area (Å²) in [6.07, 6.45) is 3.81. The number of ether oxygens (including phenoxy) is 2. The van der Waals surface area contributed by atoms with Crippen molar-refractivity contribution in [1.82, 2.24) is 30.0 Å². The second-order valence-corrected chi connectivity index (χ2v) is 6.69. The van der Waals surface area contributed by atoms with Crippen LogP contribution in [0.1, 0.15) is 22.5 Å². The number of benzene rings is 2. The van der Waals surface area contributed by atoms with Crippen LogP contribution in [0.4, 0.5) is 0 Å². The van der Waals surface area contributed by atoms with Gasteiger partial charge in [0.15, 0.2) is 0 Å². The largest absolute Gasteiger partial charge is 0.487 e. The minimum absolute atomic E-state index is 0.345. The monoisotopic (exact) mass is 374 g/mol. The Hall–Kier alpha value is -3.68. The molecule has 28 heavy (non-hydrogen) atoms. The standard InChI is InChI=1S/C20H18N6O2/c1-3-15-7-16(4-1)10-26-12-18(22-24-26)14-28-20-6-2-5-19(8-20)27-13-17-11-25(9-15)23-21-17/h1-8,11-12H,9-10,13-14H2. The normalized spacial score (nSPS) is 13.7. The first-order valence-corrected chi connectivity index (χ1v) is 9.02. The van der Waals surface area contributed by atoms with Gasteiger partial charge in [0.05, 0.1) is 25.5 Å². The predicted octanol–water partition coefficient (Wildman–Crippen LogP) is 2.44. The lowest BCUT2D eigenvalue weighted by Crippen LogP contribution is -2.04. The molecule has 0 amide bonds. The highest BCUT2D eigenvalue weighted by Gasteiger charge is 2.08. The molecular formula is C20H18N6O2. The van der Waals surface area contributed by atoms with Crippen molar-refractivity contribution in [3.05, 3.63) is 83.4 Å². The molecule has 0 spiro atoms. The van der Waals surface area contributed by atoms with E-state index in [0.29, 0.717) is 37.8 Å². The second kappa shape index (κ2) is 7.15. The number of hydrogen-bond donors (Lipinski definition) is 0. The lowest BCUT2D eigenvalue weighted by molar-refractivity contribution is 0.285. The van der Waals surface area contributed by atoms with Gasteiger partial charge in [-0.2, -0.15) is 0 Å². The van der Waals surface area contributed by atoms with Crippen molar-refractivity contribution in [3.63, 3.8) is 0 Å². The molecule has 1 aliphatic heterocycles. The molecule has 0 N–H and O–H groups in total. The third-order valence-corrected chi connectivity index (χ3v) is 4.43. The molecule has 1 aliphatic rings. The number of nitrogens with zero attached hydrogens (tertiary/aromatic N) is 6. The number of fused-ring (bicyclic) bond motifs is 8. The van der Waals surface area contributed by atoms with Crippen LogP contribution < -0.4 is 9.47 Å². The van der Waals surface area contributed by atoms with E-state index in [-0.39, 0.29) is 0 Å². The van der Waals surface area contributed by atoms with Crippen LogP contribution in [0.15, 0.2) is 60.9 Å². The van der Waals surface area contributed by atoms with E-state index in [1.54, 1.807) is 0 Å². The van der Waals surface area contributed by atoms with Gasteiger partial charge in [-0.3, -0.25) is 0 Å². The minimum atomic E-state index is 0.345. The third kappa shape index (κ3) is 3.71. The summed E-state index contributed by atoms with van der Waals surface area (Å²) in [5.41, 5.74) is 3.84. The highest BCUT2D eigenvalue weighted by atomic mass is 16.5. The Labute approximate surface area is 161 Å². The molecule has 0 unspecified atom stereocenters. The van der Waals surface area contributed by atoms with Crippen LogP contribution in [-0.4, -0.2) is 30.0 Å². The Kier molecular flexibility index (Phi) is 4.21. The first-order chi connectivity index (χ1) is 13.8. The molecule has 8 nitrogen and oxygen atoms in total. The van der Waals surface area contributed by atoms with Gasteiger partial charge in [0.2, 0.25) is 0 Å². The van der Waals surface area contributed by atoms with E-state index in [4.69, 9.17) is 9.47 Å². The van der Waals surface area contributed by atoms with Crippen LogP contribution >= 0.6 is 0 Å². The molecule has 8 heteroatoms. The molecule has 4 aromatic rings. The molecule has 2 aromatic heterocycles. The van der Waals surface area contributed by atoms with E-state index < -0.39 is 0 Å². The topological polar surface area (TPSA) is 79.9 Å². The Bertz CT molecular complexity index is 1020. The van der Waals surface area contributed by atoms with Crippen molar-refractivity contribution in [2.75, 3.05) is 0 Å². The highest BCUT2D eigenvalue weighted by Crippen LogP contribution is 2.21. The van der Waals surface area contributed by atoms with Gasteiger partial charge in [0.1, 0.15) is 36.1 Å². The van der Waals surface area contributed by atoms with Gasteiger partial charge in [-0.15, -0.1) is 10.2 Å². The molecule has 0 radical (unpaired) electrons. The fourth-order valence-corrected chi connectivity index (χ4v) is 3.13. The van der Waals surface area contributed by atoms with E-state index >= 15 is 0 Å². The smallest absolute Gasteiger partial charge is 0.134 e. The van der Waals surface area contributed by atoms with Gasteiger partial charge >= 0.3 is 0 Å². The fraction of sp³-hybridized carbons (Fsp3) is 0.200. The summed E-state index contributed by atoms with van der Waals surface area (Å²) in [4.78, 5) is 0. The van der Waals surface area contributed by atoms with Crippen molar-refractivity contribution < 1.29 is 9.47 Å². The molecule has 140 valence electrons. The van der Waals surface area contributed by atoms with E-state index in [0.717, 1.165) is 22.5 Å². The van der Waals surface area contributed by atoms with Crippen molar-refractivity contribution in [3.8, 4) is 11.5 Å². The summed E-state index contributed by atoms with van der Waals surface area (Å²) in [6.45, 7) is 1.98. The van der Waals surface area contributed by atoms with E-state index in [2.05, 4.69) is 38.8 Å². The van der Waals surface area contributed by atoms with Crippen molar-refractivity contribution >= 4 is 0 Å². The molecule has 0 saturated carbocycles. The molecule has 0 atom stereocenters. The Morgan fingerprint density at radius 3 is 1.79 bits per heavy atom. The first kappa shape index (κ1) is 16.5. The maximum atomic E-state index is 5.83. The maximum Gasteiger partial charge on any atom is 0.134 e. The minimum Gasteiger partial charge on any atom is -0.487 e. The van der Waals surface area contributed by atoms with Crippen molar-refractivity contribution in [2.24, 2.45) is 0 Å². The summed E-state index contributed by atoms with van der Waals surface area (Å²) in [6, 6.07) is 15.8. The van der Waals surface area contributed by atoms with E-state index in [9.17, 15) is 0 Å². The zero-order valence-electron chi connectivity index (χ0n) is 15.1. The van der Waals surface area contributed by atoms with Crippen LogP contribution in [0.3, 0.4) is 0 Å². The third-order valence-electron chi connectivity index (χ3n) is 4.43. The van der Waals surface area contributed by atoms with Gasteiger partial charge < -0.3 is 9.47 Å². The second-order valence-electron chi connectivity index (χ2n) is 6.69. The number of aromatic nitrogens is 6. The van der Waals surface area contributed by atoms with Crippen LogP contribution in [-0.2, 0) is 26.3 Å². The molecule has 0 aliphatic carbocycles. The van der Waals surface area contributed by atoms with Crippen molar-refractivity contribution in [2.45, 2.75) is 26.3 Å². The number of hydrogen-bond acceptors (Lipinski definition) is 6. The Morgan fingerprint density at radius 1 is 0.679 bits per heavy atom. The molecular weight excluding hydrogens is 356 g/mol. The van der Waals surface area contributed by atoms with Crippen LogP contribution in [0.2, 0.25) is 0 Å². The fourth-order valence-electron chi connectivity index (χ4n) is 3.13. The van der Waals surface area contributed by atoms with Crippen molar-refractivity contribution in [1.29, 1.82) is 0 Å². The lowest BCUT2D eigenvalue weighted by Gasteiger charge is -2.08. The highest BCUT2D eigenvalue weighted by molar-refractivity contribution is 5.33. The quantitative estimate of drug-likeness (QED) is 0.470. The summed E-state index contributed by atoms with van der Waals surface area (Å²) in [7, 11) is 0. The SMILES string of the molecule is c1cc2cc(c1)Cn1cc(nn1)COc1cccc(c1)OCc1cn(nn1)C2. The van der Waals surface area contributed by atoms with Crippen LogP contribution in [0, 0.1) is 0 Å². The van der Waals surface area contributed by atoms with Gasteiger partial charge in [0, 0.05) is 6.07 Å². The summed E-state index contributed by atoms with van der Waals surface area (Å²) < 4.78 is 15.3. The zero-order valence-corrected chi connectivity index (χ0v) is 15.1. The molecule has 2 aromatic carbocycles. The molecule has 0 saturated heterocycles. The Morgan fingerprint density at radius 2 is 1.21 bits per heavy atom. The summed E-state index contributed by atoms with van der Waals surface area (Å²) in [5, 5.41) is 16.8. The molecule has 3 heterocycles. The van der Waals surface area contributed by atoms with Crippen LogP contribution in [0.25, 0.3) is 0 Å².